The highest BCUT2D eigenvalue weighted by molar-refractivity contribution is 8.18. The highest BCUT2D eigenvalue weighted by Crippen LogP contribution is 2.34. The summed E-state index contributed by atoms with van der Waals surface area (Å²) in [6.07, 6.45) is 3.63. The lowest BCUT2D eigenvalue weighted by Gasteiger charge is -2.13. The van der Waals surface area contributed by atoms with Gasteiger partial charge in [0.1, 0.15) is 5.82 Å². The van der Waals surface area contributed by atoms with Crippen molar-refractivity contribution in [2.75, 3.05) is 0 Å². The maximum absolute atomic E-state index is 14.0. The molecule has 4 aromatic rings. The first-order valence-electron chi connectivity index (χ1n) is 9.75. The molecular weight excluding hydrogens is 411 g/mol. The molecule has 0 saturated carbocycles. The Kier molecular flexibility index (Phi) is 4.92. The Morgan fingerprint density at radius 1 is 0.871 bits per heavy atom. The Morgan fingerprint density at radius 2 is 1.65 bits per heavy atom. The first-order chi connectivity index (χ1) is 15.1. The van der Waals surface area contributed by atoms with Crippen molar-refractivity contribution in [1.82, 2.24) is 9.47 Å². The van der Waals surface area contributed by atoms with Gasteiger partial charge in [-0.3, -0.25) is 14.5 Å². The lowest BCUT2D eigenvalue weighted by Crippen LogP contribution is -2.27. The van der Waals surface area contributed by atoms with Crippen LogP contribution in [0.2, 0.25) is 0 Å². The third-order valence-electron chi connectivity index (χ3n) is 5.23. The van der Waals surface area contributed by atoms with E-state index in [-0.39, 0.29) is 6.54 Å². The zero-order valence-electron chi connectivity index (χ0n) is 16.4. The molecule has 2 amide bonds. The number of nitrogens with zero attached hydrogens (tertiary/aromatic N) is 2. The third-order valence-corrected chi connectivity index (χ3v) is 6.14. The van der Waals surface area contributed by atoms with Crippen molar-refractivity contribution >= 4 is 39.8 Å². The second kappa shape index (κ2) is 7.89. The Morgan fingerprint density at radius 3 is 2.48 bits per heavy atom. The van der Waals surface area contributed by atoms with Crippen molar-refractivity contribution in [1.29, 1.82) is 0 Å². The monoisotopic (exact) mass is 428 g/mol. The van der Waals surface area contributed by atoms with Gasteiger partial charge >= 0.3 is 0 Å². The van der Waals surface area contributed by atoms with E-state index < -0.39 is 17.0 Å². The molecule has 0 bridgehead atoms. The molecule has 2 heterocycles. The third kappa shape index (κ3) is 3.66. The number of thioether (sulfide) groups is 1. The van der Waals surface area contributed by atoms with Gasteiger partial charge in [-0.05, 0) is 58.9 Å². The predicted octanol–water partition coefficient (Wildman–Crippen LogP) is 6.01. The molecule has 4 nitrogen and oxygen atoms in total. The average Bonchev–Trinajstić information content (AvgIpc) is 3.35. The van der Waals surface area contributed by atoms with E-state index in [0.717, 1.165) is 38.8 Å². The molecule has 0 N–H and O–H groups in total. The van der Waals surface area contributed by atoms with Crippen molar-refractivity contribution in [2.24, 2.45) is 0 Å². The molecule has 31 heavy (non-hydrogen) atoms. The summed E-state index contributed by atoms with van der Waals surface area (Å²) in [5.41, 5.74) is 2.05. The van der Waals surface area contributed by atoms with Gasteiger partial charge in [0.25, 0.3) is 11.1 Å². The number of hydrogen-bond donors (Lipinski definition) is 0. The number of rotatable bonds is 4. The van der Waals surface area contributed by atoms with Crippen molar-refractivity contribution in [3.8, 4) is 5.69 Å². The number of carbonyl (C=O) groups excluding carboxylic acids is 2. The molecule has 152 valence electrons. The van der Waals surface area contributed by atoms with Gasteiger partial charge in [-0.15, -0.1) is 0 Å². The Bertz CT molecular complexity index is 1360. The smallest absolute Gasteiger partial charge is 0.293 e. The summed E-state index contributed by atoms with van der Waals surface area (Å²) < 4.78 is 15.9. The summed E-state index contributed by atoms with van der Waals surface area (Å²) in [5, 5.41) is 1.86. The number of aromatic nitrogens is 1. The number of fused-ring (bicyclic) bond motifs is 1. The van der Waals surface area contributed by atoms with Gasteiger partial charge in [0.05, 0.1) is 11.4 Å². The summed E-state index contributed by atoms with van der Waals surface area (Å²) in [5.74, 6) is -0.847. The first-order valence-corrected chi connectivity index (χ1v) is 10.6. The Labute approximate surface area is 182 Å². The van der Waals surface area contributed by atoms with Crippen molar-refractivity contribution in [2.45, 2.75) is 6.54 Å². The topological polar surface area (TPSA) is 42.3 Å². The molecule has 0 atom stereocenters. The van der Waals surface area contributed by atoms with E-state index in [1.165, 1.54) is 6.07 Å². The molecule has 1 saturated heterocycles. The highest BCUT2D eigenvalue weighted by Gasteiger charge is 2.35. The molecule has 0 aliphatic carbocycles. The zero-order valence-corrected chi connectivity index (χ0v) is 17.2. The summed E-state index contributed by atoms with van der Waals surface area (Å²) >= 11 is 0.874. The van der Waals surface area contributed by atoms with Crippen LogP contribution in [0.25, 0.3) is 22.5 Å². The molecule has 1 aliphatic rings. The number of carbonyl (C=O) groups is 2. The molecule has 0 radical (unpaired) electrons. The van der Waals surface area contributed by atoms with E-state index in [1.807, 2.05) is 41.1 Å². The minimum Gasteiger partial charge on any atom is -0.317 e. The number of benzene rings is 3. The fourth-order valence-corrected chi connectivity index (χ4v) is 4.46. The van der Waals surface area contributed by atoms with Crippen LogP contribution in [-0.4, -0.2) is 20.6 Å². The lowest BCUT2D eigenvalue weighted by molar-refractivity contribution is -0.123. The lowest BCUT2D eigenvalue weighted by atomic mass is 10.1. The Hall–Kier alpha value is -3.64. The van der Waals surface area contributed by atoms with Crippen LogP contribution < -0.4 is 0 Å². The second-order valence-electron chi connectivity index (χ2n) is 7.19. The molecule has 6 heteroatoms. The molecular formula is C25H17FN2O2S. The van der Waals surface area contributed by atoms with Crippen LogP contribution in [0.3, 0.4) is 0 Å². The summed E-state index contributed by atoms with van der Waals surface area (Å²) in [6.45, 7) is -0.0830. The van der Waals surface area contributed by atoms with Crippen LogP contribution in [0.5, 0.6) is 0 Å². The van der Waals surface area contributed by atoms with Gasteiger partial charge in [-0.25, -0.2) is 4.39 Å². The summed E-state index contributed by atoms with van der Waals surface area (Å²) in [6, 6.07) is 24.2. The quantitative estimate of drug-likeness (QED) is 0.374. The van der Waals surface area contributed by atoms with Crippen LogP contribution in [0.15, 0.2) is 90.0 Å². The number of halogens is 1. The van der Waals surface area contributed by atoms with Crippen molar-refractivity contribution in [3.05, 3.63) is 107 Å². The van der Waals surface area contributed by atoms with E-state index in [4.69, 9.17) is 0 Å². The minimum absolute atomic E-state index is 0.0830. The van der Waals surface area contributed by atoms with Crippen molar-refractivity contribution in [3.63, 3.8) is 0 Å². The van der Waals surface area contributed by atoms with Gasteiger partial charge in [-0.1, -0.05) is 48.5 Å². The number of amides is 2. The van der Waals surface area contributed by atoms with Gasteiger partial charge in [-0.2, -0.15) is 0 Å². The van der Waals surface area contributed by atoms with Crippen LogP contribution in [-0.2, 0) is 11.3 Å². The molecule has 3 aromatic carbocycles. The standard InChI is InChI=1S/C25H17FN2O2S/c26-22-10-4-3-8-19(22)16-28-24(29)23(31-25(28)30)15-20-9-5-13-27(20)21-12-11-17-6-1-2-7-18(17)14-21/h1-15H,16H2/b23-15-. The van der Waals surface area contributed by atoms with Crippen LogP contribution >= 0.6 is 11.8 Å². The van der Waals surface area contributed by atoms with E-state index in [2.05, 4.69) is 24.3 Å². The number of imide groups is 1. The van der Waals surface area contributed by atoms with E-state index in [9.17, 15) is 14.0 Å². The predicted molar refractivity (Wildman–Crippen MR) is 121 cm³/mol. The normalized spacial score (nSPS) is 15.4. The van der Waals surface area contributed by atoms with Gasteiger partial charge in [0, 0.05) is 23.1 Å². The molecule has 1 aliphatic heterocycles. The minimum atomic E-state index is -0.435. The van der Waals surface area contributed by atoms with E-state index in [1.54, 1.807) is 24.3 Å². The van der Waals surface area contributed by atoms with Crippen LogP contribution in [0.4, 0.5) is 9.18 Å². The van der Waals surface area contributed by atoms with Gasteiger partial charge in [0.2, 0.25) is 0 Å². The number of hydrogen-bond acceptors (Lipinski definition) is 3. The molecule has 1 fully saturated rings. The molecule has 5 rings (SSSR count). The zero-order chi connectivity index (χ0) is 21.4. The SMILES string of the molecule is O=C1S/C(=C\c2cccn2-c2ccc3ccccc3c2)C(=O)N1Cc1ccccc1F. The molecule has 1 aromatic heterocycles. The van der Waals surface area contributed by atoms with Crippen LogP contribution in [0, 0.1) is 5.82 Å². The first kappa shape index (κ1) is 19.3. The maximum Gasteiger partial charge on any atom is 0.293 e. The summed E-state index contributed by atoms with van der Waals surface area (Å²) in [7, 11) is 0. The van der Waals surface area contributed by atoms with Crippen LogP contribution in [0.1, 0.15) is 11.3 Å². The molecule has 0 unspecified atom stereocenters. The maximum atomic E-state index is 14.0. The average molecular weight is 428 g/mol. The van der Waals surface area contributed by atoms with Gasteiger partial charge < -0.3 is 4.57 Å². The fraction of sp³-hybridized carbons (Fsp3) is 0.0400. The largest absolute Gasteiger partial charge is 0.317 e. The van der Waals surface area contributed by atoms with Crippen molar-refractivity contribution < 1.29 is 14.0 Å². The highest BCUT2D eigenvalue weighted by atomic mass is 32.2. The van der Waals surface area contributed by atoms with E-state index in [0.29, 0.717) is 10.5 Å². The fourth-order valence-electron chi connectivity index (χ4n) is 3.64. The van der Waals surface area contributed by atoms with Gasteiger partial charge in [0.15, 0.2) is 0 Å². The Balaban J connectivity index is 1.45. The van der Waals surface area contributed by atoms with E-state index >= 15 is 0 Å². The molecule has 0 spiro atoms. The summed E-state index contributed by atoms with van der Waals surface area (Å²) in [4.78, 5) is 26.7. The second-order valence-corrected chi connectivity index (χ2v) is 8.19.